The first-order valence-electron chi connectivity index (χ1n) is 9.55. The van der Waals surface area contributed by atoms with Crippen molar-refractivity contribution in [3.05, 3.63) is 95.1 Å². The number of nitrogens with zero attached hydrogens (tertiary/aromatic N) is 1. The van der Waals surface area contributed by atoms with Crippen molar-refractivity contribution in [3.8, 4) is 0 Å². The largest absolute Gasteiger partial charge is 0.457 e. The molecule has 31 heavy (non-hydrogen) atoms. The van der Waals surface area contributed by atoms with E-state index in [1.54, 1.807) is 24.3 Å². The number of ether oxygens (including phenoxy) is 1. The lowest BCUT2D eigenvalue weighted by Gasteiger charge is -2.14. The van der Waals surface area contributed by atoms with Crippen molar-refractivity contribution < 1.29 is 23.9 Å². The number of nitrogens with one attached hydrogen (secondary N) is 1. The van der Waals surface area contributed by atoms with E-state index in [9.17, 15) is 19.2 Å². The number of amides is 3. The molecular formula is C24H18N2O5. The van der Waals surface area contributed by atoms with Crippen molar-refractivity contribution in [1.82, 2.24) is 0 Å². The van der Waals surface area contributed by atoms with Gasteiger partial charge >= 0.3 is 5.97 Å². The molecule has 0 saturated carbocycles. The van der Waals surface area contributed by atoms with Gasteiger partial charge < -0.3 is 10.1 Å². The third-order valence-electron chi connectivity index (χ3n) is 4.78. The van der Waals surface area contributed by atoms with Crippen LogP contribution in [0.4, 0.5) is 11.4 Å². The standard InChI is InChI=1S/C24H18N2O5/c1-15(27)25-18-8-10-19(11-9-18)26-22(28)20-12-7-17(13-21(20)23(26)29)24(30)31-14-16-5-3-2-4-6-16/h2-13H,14H2,1H3,(H,25,27). The van der Waals surface area contributed by atoms with Gasteiger partial charge in [0.2, 0.25) is 5.91 Å². The lowest BCUT2D eigenvalue weighted by Crippen LogP contribution is -2.29. The summed E-state index contributed by atoms with van der Waals surface area (Å²) in [6, 6.07) is 19.9. The lowest BCUT2D eigenvalue weighted by molar-refractivity contribution is -0.114. The lowest BCUT2D eigenvalue weighted by atomic mass is 10.1. The number of esters is 1. The van der Waals surface area contributed by atoms with Crippen LogP contribution in [0.5, 0.6) is 0 Å². The molecule has 0 spiro atoms. The van der Waals surface area contributed by atoms with Gasteiger partial charge in [0.25, 0.3) is 11.8 Å². The van der Waals surface area contributed by atoms with Crippen molar-refractivity contribution in [2.24, 2.45) is 0 Å². The zero-order valence-electron chi connectivity index (χ0n) is 16.6. The Balaban J connectivity index is 1.53. The molecule has 3 aromatic carbocycles. The molecule has 0 atom stereocenters. The fraction of sp³-hybridized carbons (Fsp3) is 0.0833. The highest BCUT2D eigenvalue weighted by Gasteiger charge is 2.37. The molecule has 3 aromatic rings. The monoisotopic (exact) mass is 414 g/mol. The summed E-state index contributed by atoms with van der Waals surface area (Å²) in [5.74, 6) is -1.80. The number of carbonyl (C=O) groups is 4. The average Bonchev–Trinajstić information content (AvgIpc) is 3.02. The summed E-state index contributed by atoms with van der Waals surface area (Å²) in [6.45, 7) is 1.50. The van der Waals surface area contributed by atoms with E-state index < -0.39 is 17.8 Å². The van der Waals surface area contributed by atoms with Crippen molar-refractivity contribution in [1.29, 1.82) is 0 Å². The Bertz CT molecular complexity index is 1190. The summed E-state index contributed by atoms with van der Waals surface area (Å²) in [6.07, 6.45) is 0. The van der Waals surface area contributed by atoms with Gasteiger partial charge in [0.15, 0.2) is 0 Å². The van der Waals surface area contributed by atoms with Gasteiger partial charge in [0.05, 0.1) is 22.4 Å². The maximum atomic E-state index is 12.9. The Hall–Kier alpha value is -4.26. The Morgan fingerprint density at radius 1 is 0.871 bits per heavy atom. The Labute approximate surface area is 178 Å². The normalized spacial score (nSPS) is 12.5. The molecule has 0 saturated heterocycles. The number of anilines is 2. The average molecular weight is 414 g/mol. The summed E-state index contributed by atoms with van der Waals surface area (Å²) in [5.41, 5.74) is 2.32. The molecule has 0 bridgehead atoms. The first-order chi connectivity index (χ1) is 14.9. The summed E-state index contributed by atoms with van der Waals surface area (Å²) in [5, 5.41) is 2.63. The van der Waals surface area contributed by atoms with Crippen LogP contribution in [-0.4, -0.2) is 23.7 Å². The maximum absolute atomic E-state index is 12.9. The van der Waals surface area contributed by atoms with E-state index in [0.717, 1.165) is 10.5 Å². The highest BCUT2D eigenvalue weighted by atomic mass is 16.5. The second-order valence-corrected chi connectivity index (χ2v) is 7.00. The summed E-state index contributed by atoms with van der Waals surface area (Å²) < 4.78 is 5.31. The second kappa shape index (κ2) is 8.23. The van der Waals surface area contributed by atoms with E-state index in [0.29, 0.717) is 11.4 Å². The van der Waals surface area contributed by atoms with Gasteiger partial charge in [-0.25, -0.2) is 9.69 Å². The molecule has 0 radical (unpaired) electrons. The Morgan fingerprint density at radius 2 is 1.55 bits per heavy atom. The predicted molar refractivity (Wildman–Crippen MR) is 114 cm³/mol. The van der Waals surface area contributed by atoms with Crippen LogP contribution in [0.15, 0.2) is 72.8 Å². The van der Waals surface area contributed by atoms with Gasteiger partial charge in [-0.15, -0.1) is 0 Å². The van der Waals surface area contributed by atoms with Crippen LogP contribution >= 0.6 is 0 Å². The molecular weight excluding hydrogens is 396 g/mol. The van der Waals surface area contributed by atoms with Crippen molar-refractivity contribution in [3.63, 3.8) is 0 Å². The third kappa shape index (κ3) is 4.06. The molecule has 0 aromatic heterocycles. The van der Waals surface area contributed by atoms with Gasteiger partial charge in [-0.2, -0.15) is 0 Å². The van der Waals surface area contributed by atoms with E-state index in [1.807, 2.05) is 30.3 Å². The zero-order valence-corrected chi connectivity index (χ0v) is 16.6. The fourth-order valence-corrected chi connectivity index (χ4v) is 3.31. The summed E-state index contributed by atoms with van der Waals surface area (Å²) >= 11 is 0. The van der Waals surface area contributed by atoms with Crippen molar-refractivity contribution in [2.75, 3.05) is 10.2 Å². The second-order valence-electron chi connectivity index (χ2n) is 7.00. The molecule has 7 nitrogen and oxygen atoms in total. The predicted octanol–water partition coefficient (Wildman–Crippen LogP) is 3.80. The molecule has 0 aliphatic carbocycles. The van der Waals surface area contributed by atoms with Crippen LogP contribution < -0.4 is 10.2 Å². The highest BCUT2D eigenvalue weighted by molar-refractivity contribution is 6.34. The Morgan fingerprint density at radius 3 is 2.23 bits per heavy atom. The molecule has 154 valence electrons. The topological polar surface area (TPSA) is 92.8 Å². The zero-order chi connectivity index (χ0) is 22.0. The van der Waals surface area contributed by atoms with Crippen LogP contribution in [0.3, 0.4) is 0 Å². The molecule has 1 aliphatic rings. The number of rotatable bonds is 5. The first-order valence-corrected chi connectivity index (χ1v) is 9.55. The molecule has 0 unspecified atom stereocenters. The third-order valence-corrected chi connectivity index (χ3v) is 4.78. The van der Waals surface area contributed by atoms with Gasteiger partial charge in [-0.3, -0.25) is 14.4 Å². The number of imide groups is 1. The smallest absolute Gasteiger partial charge is 0.338 e. The van der Waals surface area contributed by atoms with Crippen molar-refractivity contribution in [2.45, 2.75) is 13.5 Å². The summed E-state index contributed by atoms with van der Waals surface area (Å²) in [7, 11) is 0. The molecule has 7 heteroatoms. The first kappa shape index (κ1) is 20.0. The van der Waals surface area contributed by atoms with E-state index >= 15 is 0 Å². The van der Waals surface area contributed by atoms with Crippen LogP contribution in [-0.2, 0) is 16.1 Å². The van der Waals surface area contributed by atoms with Crippen LogP contribution in [0, 0.1) is 0 Å². The van der Waals surface area contributed by atoms with Gasteiger partial charge in [0.1, 0.15) is 6.61 Å². The highest BCUT2D eigenvalue weighted by Crippen LogP contribution is 2.30. The van der Waals surface area contributed by atoms with E-state index in [4.69, 9.17) is 4.74 Å². The maximum Gasteiger partial charge on any atom is 0.338 e. The van der Waals surface area contributed by atoms with Gasteiger partial charge in [-0.05, 0) is 48.0 Å². The molecule has 1 aliphatic heterocycles. The molecule has 1 N–H and O–H groups in total. The number of hydrogen-bond acceptors (Lipinski definition) is 5. The Kier molecular flexibility index (Phi) is 5.32. The van der Waals surface area contributed by atoms with E-state index in [1.165, 1.54) is 25.1 Å². The minimum Gasteiger partial charge on any atom is -0.457 e. The molecule has 1 heterocycles. The fourth-order valence-electron chi connectivity index (χ4n) is 3.31. The number of hydrogen-bond donors (Lipinski definition) is 1. The van der Waals surface area contributed by atoms with E-state index in [-0.39, 0.29) is 29.2 Å². The molecule has 0 fully saturated rings. The van der Waals surface area contributed by atoms with E-state index in [2.05, 4.69) is 5.32 Å². The molecule has 4 rings (SSSR count). The number of carbonyl (C=O) groups excluding carboxylic acids is 4. The number of fused-ring (bicyclic) bond motifs is 1. The number of benzene rings is 3. The van der Waals surface area contributed by atoms with Gasteiger partial charge in [-0.1, -0.05) is 30.3 Å². The quantitative estimate of drug-likeness (QED) is 0.506. The minimum absolute atomic E-state index is 0.108. The molecule has 3 amide bonds. The van der Waals surface area contributed by atoms with Gasteiger partial charge in [0, 0.05) is 12.6 Å². The van der Waals surface area contributed by atoms with Crippen LogP contribution in [0.1, 0.15) is 43.6 Å². The SMILES string of the molecule is CC(=O)Nc1ccc(N2C(=O)c3ccc(C(=O)OCc4ccccc4)cc3C2=O)cc1. The van der Waals surface area contributed by atoms with Crippen LogP contribution in [0.25, 0.3) is 0 Å². The summed E-state index contributed by atoms with van der Waals surface area (Å²) in [4.78, 5) is 50.3. The van der Waals surface area contributed by atoms with Crippen molar-refractivity contribution >= 4 is 35.1 Å². The minimum atomic E-state index is -0.579. The van der Waals surface area contributed by atoms with Crippen LogP contribution in [0.2, 0.25) is 0 Å².